The molecule has 0 bridgehead atoms. The highest BCUT2D eigenvalue weighted by Crippen LogP contribution is 2.12. The maximum absolute atomic E-state index is 11.4. The van der Waals surface area contributed by atoms with Crippen molar-refractivity contribution in [3.63, 3.8) is 0 Å². The van der Waals surface area contributed by atoms with Crippen molar-refractivity contribution in [2.24, 2.45) is 5.10 Å². The highest BCUT2D eigenvalue weighted by molar-refractivity contribution is 6.22. The Bertz CT molecular complexity index is 399. The molecule has 1 atom stereocenters. The molecular weight excluding hydrogens is 242 g/mol. The number of nitrogens with zero attached hydrogens (tertiary/aromatic N) is 2. The summed E-state index contributed by atoms with van der Waals surface area (Å²) >= 11 is 0. The van der Waals surface area contributed by atoms with Crippen molar-refractivity contribution in [2.75, 3.05) is 6.54 Å². The summed E-state index contributed by atoms with van der Waals surface area (Å²) in [6, 6.07) is -0.717. The Hall–Kier alpha value is -2.12. The summed E-state index contributed by atoms with van der Waals surface area (Å²) in [5, 5.41) is 15.1. The Labute approximate surface area is 104 Å². The molecule has 1 aliphatic heterocycles. The van der Waals surface area contributed by atoms with E-state index in [1.165, 1.54) is 0 Å². The normalized spacial score (nSPS) is 19.6. The third kappa shape index (κ3) is 4.04. The molecule has 1 aliphatic rings. The van der Waals surface area contributed by atoms with Crippen molar-refractivity contribution in [3.05, 3.63) is 0 Å². The second-order valence-electron chi connectivity index (χ2n) is 4.70. The molecule has 2 N–H and O–H groups in total. The minimum atomic E-state index is -1.24. The quantitative estimate of drug-likeness (QED) is 0.537. The molecule has 1 rings (SSSR count). The van der Waals surface area contributed by atoms with Crippen molar-refractivity contribution in [1.29, 1.82) is 0 Å². The number of rotatable bonds is 3. The van der Waals surface area contributed by atoms with Crippen LogP contribution in [0.3, 0.4) is 0 Å². The lowest BCUT2D eigenvalue weighted by molar-refractivity contribution is -0.143. The van der Waals surface area contributed by atoms with Crippen LogP contribution in [0.4, 0.5) is 4.79 Å². The third-order valence-corrected chi connectivity index (χ3v) is 1.91. The van der Waals surface area contributed by atoms with Crippen LogP contribution < -0.4 is 5.32 Å². The molecule has 0 radical (unpaired) electrons. The van der Waals surface area contributed by atoms with Crippen molar-refractivity contribution in [2.45, 2.75) is 32.4 Å². The summed E-state index contributed by atoms with van der Waals surface area (Å²) in [6.45, 7) is 5.25. The predicted octanol–water partition coefficient (Wildman–Crippen LogP) is -0.208. The van der Waals surface area contributed by atoms with Gasteiger partial charge in [-0.1, -0.05) is 0 Å². The molecule has 1 heterocycles. The number of carboxylic acids is 1. The van der Waals surface area contributed by atoms with Crippen LogP contribution in [-0.2, 0) is 14.3 Å². The first kappa shape index (κ1) is 13.9. The van der Waals surface area contributed by atoms with Crippen LogP contribution in [0.2, 0.25) is 0 Å². The first-order valence-corrected chi connectivity index (χ1v) is 5.27. The molecule has 1 saturated heterocycles. The van der Waals surface area contributed by atoms with Crippen LogP contribution in [0.25, 0.3) is 0 Å². The van der Waals surface area contributed by atoms with Gasteiger partial charge in [-0.25, -0.2) is 14.6 Å². The van der Waals surface area contributed by atoms with Gasteiger partial charge < -0.3 is 15.2 Å². The minimum absolute atomic E-state index is 0.127. The van der Waals surface area contributed by atoms with Gasteiger partial charge in [0.05, 0.1) is 6.54 Å². The maximum Gasteiger partial charge on any atom is 0.408 e. The van der Waals surface area contributed by atoms with E-state index < -0.39 is 29.6 Å². The topological polar surface area (TPSA) is 108 Å². The molecule has 1 unspecified atom stereocenters. The Kier molecular flexibility index (Phi) is 3.89. The van der Waals surface area contributed by atoms with Gasteiger partial charge in [0.25, 0.3) is 5.91 Å². The summed E-state index contributed by atoms with van der Waals surface area (Å²) < 4.78 is 4.97. The lowest BCUT2D eigenvalue weighted by Gasteiger charge is -2.34. The predicted molar refractivity (Wildman–Crippen MR) is 61.0 cm³/mol. The largest absolute Gasteiger partial charge is 0.477 e. The second-order valence-corrected chi connectivity index (χ2v) is 4.70. The van der Waals surface area contributed by atoms with Crippen molar-refractivity contribution >= 4 is 24.2 Å². The van der Waals surface area contributed by atoms with E-state index in [2.05, 4.69) is 10.4 Å². The minimum Gasteiger partial charge on any atom is -0.477 e. The Balaban J connectivity index is 2.39. The Morgan fingerprint density at radius 3 is 2.61 bits per heavy atom. The van der Waals surface area contributed by atoms with Crippen LogP contribution in [0.5, 0.6) is 0 Å². The maximum atomic E-state index is 11.4. The number of carboxylic acid groups (broad SMARTS) is 1. The molecule has 0 spiro atoms. The number of β-lactam (4-membered cyclic amide) rings is 1. The van der Waals surface area contributed by atoms with E-state index in [0.29, 0.717) is 6.21 Å². The average molecular weight is 257 g/mol. The molecular formula is C10H15N3O5. The number of carbonyl (C=O) groups excluding carboxylic acids is 2. The zero-order chi connectivity index (χ0) is 13.9. The lowest BCUT2D eigenvalue weighted by atomic mass is 10.1. The molecule has 0 aromatic rings. The van der Waals surface area contributed by atoms with Gasteiger partial charge in [0.15, 0.2) is 0 Å². The SMILES string of the molecule is CC(C)(C)OC(=O)NC1CN(/N=C\C(=O)O)C1=O. The van der Waals surface area contributed by atoms with Gasteiger partial charge in [0, 0.05) is 0 Å². The van der Waals surface area contributed by atoms with Gasteiger partial charge in [-0.15, -0.1) is 0 Å². The van der Waals surface area contributed by atoms with Gasteiger partial charge in [-0.05, 0) is 20.8 Å². The van der Waals surface area contributed by atoms with Crippen molar-refractivity contribution in [1.82, 2.24) is 10.3 Å². The molecule has 8 heteroatoms. The van der Waals surface area contributed by atoms with E-state index in [1.54, 1.807) is 20.8 Å². The number of hydrogen-bond donors (Lipinski definition) is 2. The van der Waals surface area contributed by atoms with E-state index in [-0.39, 0.29) is 6.54 Å². The molecule has 0 aliphatic carbocycles. The van der Waals surface area contributed by atoms with Crippen LogP contribution in [-0.4, -0.2) is 52.5 Å². The number of nitrogens with one attached hydrogen (secondary N) is 1. The molecule has 0 aromatic carbocycles. The first-order chi connectivity index (χ1) is 8.19. The first-order valence-electron chi connectivity index (χ1n) is 5.27. The van der Waals surface area contributed by atoms with Crippen LogP contribution in [0, 0.1) is 0 Å². The summed E-state index contributed by atoms with van der Waals surface area (Å²) in [5.41, 5.74) is -0.641. The summed E-state index contributed by atoms with van der Waals surface area (Å²) in [6.07, 6.45) is -0.0792. The summed E-state index contributed by atoms with van der Waals surface area (Å²) in [4.78, 5) is 33.0. The highest BCUT2D eigenvalue weighted by Gasteiger charge is 2.38. The number of aliphatic carboxylic acids is 1. The fourth-order valence-electron chi connectivity index (χ4n) is 1.19. The van der Waals surface area contributed by atoms with Crippen molar-refractivity contribution < 1.29 is 24.2 Å². The van der Waals surface area contributed by atoms with E-state index in [1.807, 2.05) is 0 Å². The van der Waals surface area contributed by atoms with Crippen LogP contribution in [0.1, 0.15) is 20.8 Å². The zero-order valence-electron chi connectivity index (χ0n) is 10.3. The average Bonchev–Trinajstić information content (AvgIpc) is 2.18. The molecule has 18 heavy (non-hydrogen) atoms. The van der Waals surface area contributed by atoms with Crippen LogP contribution in [0.15, 0.2) is 5.10 Å². The fraction of sp³-hybridized carbons (Fsp3) is 0.600. The highest BCUT2D eigenvalue weighted by atomic mass is 16.6. The molecule has 1 fully saturated rings. The number of amides is 2. The van der Waals surface area contributed by atoms with E-state index >= 15 is 0 Å². The van der Waals surface area contributed by atoms with Gasteiger partial charge in [0.1, 0.15) is 17.9 Å². The molecule has 2 amide bonds. The van der Waals surface area contributed by atoms with Gasteiger partial charge >= 0.3 is 12.1 Å². The van der Waals surface area contributed by atoms with Gasteiger partial charge in [0.2, 0.25) is 0 Å². The van der Waals surface area contributed by atoms with E-state index in [0.717, 1.165) is 5.01 Å². The molecule has 0 aromatic heterocycles. The smallest absolute Gasteiger partial charge is 0.408 e. The summed E-state index contributed by atoms with van der Waals surface area (Å²) in [5.74, 6) is -1.72. The number of alkyl carbamates (subject to hydrolysis) is 1. The fourth-order valence-corrected chi connectivity index (χ4v) is 1.19. The monoisotopic (exact) mass is 257 g/mol. The Morgan fingerprint density at radius 1 is 1.56 bits per heavy atom. The summed E-state index contributed by atoms with van der Waals surface area (Å²) in [7, 11) is 0. The third-order valence-electron chi connectivity index (χ3n) is 1.91. The lowest BCUT2D eigenvalue weighted by Crippen LogP contribution is -2.62. The van der Waals surface area contributed by atoms with Gasteiger partial charge in [-0.2, -0.15) is 5.10 Å². The van der Waals surface area contributed by atoms with Gasteiger partial charge in [-0.3, -0.25) is 4.79 Å². The number of carbonyl (C=O) groups is 3. The Morgan fingerprint density at radius 2 is 2.17 bits per heavy atom. The van der Waals surface area contributed by atoms with E-state index in [4.69, 9.17) is 9.84 Å². The standard InChI is InChI=1S/C10H15N3O5/c1-10(2,3)18-9(17)12-6-5-13(8(6)16)11-4-7(14)15/h4,6H,5H2,1-3H3,(H,12,17)(H,14,15)/b11-4-. The van der Waals surface area contributed by atoms with Crippen LogP contribution >= 0.6 is 0 Å². The number of hydrogen-bond acceptors (Lipinski definition) is 5. The van der Waals surface area contributed by atoms with E-state index in [9.17, 15) is 14.4 Å². The molecule has 8 nitrogen and oxygen atoms in total. The molecule has 100 valence electrons. The molecule has 0 saturated carbocycles. The number of ether oxygens (including phenoxy) is 1. The van der Waals surface area contributed by atoms with Crippen molar-refractivity contribution in [3.8, 4) is 0 Å². The zero-order valence-corrected chi connectivity index (χ0v) is 10.3. The second kappa shape index (κ2) is 5.03. The number of hydrazone groups is 1.